The molecule has 0 bridgehead atoms. The Hall–Kier alpha value is -0.750. The van der Waals surface area contributed by atoms with Gasteiger partial charge in [-0.2, -0.15) is 0 Å². The van der Waals surface area contributed by atoms with E-state index in [4.69, 9.17) is 10.2 Å². The second-order valence-electron chi connectivity index (χ2n) is 2.93. The van der Waals surface area contributed by atoms with E-state index < -0.39 is 0 Å². The number of aromatic hydroxyl groups is 2. The molecule has 0 aliphatic carbocycles. The lowest BCUT2D eigenvalue weighted by Crippen LogP contribution is -1.67. The Morgan fingerprint density at radius 3 is 1.81 bits per heavy atom. The first-order valence-electron chi connectivity index (χ1n) is 4.47. The van der Waals surface area contributed by atoms with Gasteiger partial charge in [0.05, 0.1) is 3.57 Å². The Labute approximate surface area is 116 Å². The van der Waals surface area contributed by atoms with Crippen molar-refractivity contribution < 1.29 is 10.2 Å². The van der Waals surface area contributed by atoms with E-state index in [2.05, 4.69) is 38.5 Å². The van der Waals surface area contributed by atoms with E-state index >= 15 is 0 Å². The van der Waals surface area contributed by atoms with Crippen LogP contribution in [0.5, 0.6) is 11.5 Å². The molecule has 0 aromatic heterocycles. The molecule has 84 valence electrons. The Balaban J connectivity index is 0.000000160. The minimum Gasteiger partial charge on any atom is -0.508 e. The predicted molar refractivity (Wildman–Crippen MR) is 76.6 cm³/mol. The molecule has 0 amide bonds. The maximum absolute atomic E-state index is 8.91. The van der Waals surface area contributed by atoms with Gasteiger partial charge in [-0.15, -0.1) is 0 Å². The lowest BCUT2D eigenvalue weighted by atomic mass is 10.3. The van der Waals surface area contributed by atoms with Crippen molar-refractivity contribution in [1.82, 2.24) is 0 Å². The monoisotopic (exact) mass is 392 g/mol. The highest BCUT2D eigenvalue weighted by Crippen LogP contribution is 2.16. The maximum atomic E-state index is 8.91. The van der Waals surface area contributed by atoms with Gasteiger partial charge in [-0.1, -0.05) is 28.1 Å². The van der Waals surface area contributed by atoms with Gasteiger partial charge in [-0.3, -0.25) is 0 Å². The summed E-state index contributed by atoms with van der Waals surface area (Å²) < 4.78 is 1.88. The minimum absolute atomic E-state index is 0.299. The molecule has 0 saturated carbocycles. The zero-order valence-electron chi connectivity index (χ0n) is 8.27. The topological polar surface area (TPSA) is 40.5 Å². The Bertz CT molecular complexity index is 401. The van der Waals surface area contributed by atoms with E-state index in [9.17, 15) is 0 Å². The van der Waals surface area contributed by atoms with Crippen LogP contribution in [0.25, 0.3) is 0 Å². The van der Waals surface area contributed by atoms with Crippen molar-refractivity contribution >= 4 is 38.5 Å². The van der Waals surface area contributed by atoms with Crippen LogP contribution < -0.4 is 0 Å². The first-order valence-corrected chi connectivity index (χ1v) is 6.35. The second-order valence-corrected chi connectivity index (χ2v) is 5.01. The molecule has 2 rings (SSSR count). The summed E-state index contributed by atoms with van der Waals surface area (Å²) in [7, 11) is 0. The van der Waals surface area contributed by atoms with Crippen LogP contribution in [0, 0.1) is 3.57 Å². The third-order valence-electron chi connectivity index (χ3n) is 1.68. The van der Waals surface area contributed by atoms with Crippen LogP contribution in [0.2, 0.25) is 0 Å². The molecule has 0 saturated heterocycles. The molecule has 0 aliphatic rings. The third-order valence-corrected chi connectivity index (χ3v) is 3.12. The van der Waals surface area contributed by atoms with E-state index in [1.807, 2.05) is 12.1 Å². The average Bonchev–Trinajstić information content (AvgIpc) is 2.28. The van der Waals surface area contributed by atoms with E-state index in [-0.39, 0.29) is 0 Å². The highest BCUT2D eigenvalue weighted by atomic mass is 127. The van der Waals surface area contributed by atoms with Gasteiger partial charge in [0.15, 0.2) is 0 Å². The zero-order valence-corrected chi connectivity index (χ0v) is 12.0. The summed E-state index contributed by atoms with van der Waals surface area (Å²) >= 11 is 5.31. The lowest BCUT2D eigenvalue weighted by Gasteiger charge is -1.90. The predicted octanol–water partition coefficient (Wildman–Crippen LogP) is 4.15. The van der Waals surface area contributed by atoms with Crippen LogP contribution >= 0.6 is 38.5 Å². The van der Waals surface area contributed by atoms with E-state index in [1.165, 1.54) is 0 Å². The van der Waals surface area contributed by atoms with Crippen molar-refractivity contribution in [2.24, 2.45) is 0 Å². The third kappa shape index (κ3) is 4.85. The summed E-state index contributed by atoms with van der Waals surface area (Å²) in [6, 6.07) is 14.1. The molecule has 0 fully saturated rings. The SMILES string of the molecule is Oc1ccc(Br)cc1.Oc1ccccc1I. The summed E-state index contributed by atoms with van der Waals surface area (Å²) in [5.41, 5.74) is 0. The molecule has 2 nitrogen and oxygen atoms in total. The number of benzene rings is 2. The maximum Gasteiger partial charge on any atom is 0.128 e. The number of rotatable bonds is 0. The number of phenols is 2. The average molecular weight is 393 g/mol. The summed E-state index contributed by atoms with van der Waals surface area (Å²) in [5, 5.41) is 17.6. The molecule has 0 heterocycles. The molecular weight excluding hydrogens is 383 g/mol. The van der Waals surface area contributed by atoms with E-state index in [1.54, 1.807) is 36.4 Å². The molecule has 0 aliphatic heterocycles. The summed E-state index contributed by atoms with van der Waals surface area (Å²) in [6.45, 7) is 0. The van der Waals surface area contributed by atoms with Crippen LogP contribution in [0.4, 0.5) is 0 Å². The summed E-state index contributed by atoms with van der Waals surface area (Å²) in [5.74, 6) is 0.654. The minimum atomic E-state index is 0.299. The van der Waals surface area contributed by atoms with E-state index in [0.717, 1.165) is 8.04 Å². The standard InChI is InChI=1S/C6H5BrO.C6H5IO/c7-5-1-3-6(8)4-2-5;7-5-3-1-2-4-6(5)8/h2*1-4,8H. The number of para-hydroxylation sites is 1. The number of hydrogen-bond donors (Lipinski definition) is 2. The van der Waals surface area contributed by atoms with Crippen LogP contribution in [0.3, 0.4) is 0 Å². The molecule has 0 spiro atoms. The fraction of sp³-hybridized carbons (Fsp3) is 0. The quantitative estimate of drug-likeness (QED) is 0.661. The highest BCUT2D eigenvalue weighted by Gasteiger charge is 1.89. The number of hydrogen-bond acceptors (Lipinski definition) is 2. The fourth-order valence-corrected chi connectivity index (χ4v) is 1.54. The Kier molecular flexibility index (Phi) is 5.62. The molecule has 4 heteroatoms. The zero-order chi connectivity index (χ0) is 12.0. The normalized spacial score (nSPS) is 9.12. The first kappa shape index (κ1) is 13.3. The first-order chi connectivity index (χ1) is 7.59. The molecule has 2 aromatic carbocycles. The molecular formula is C12H10BrIO2. The van der Waals surface area contributed by atoms with Crippen molar-refractivity contribution in [2.45, 2.75) is 0 Å². The molecule has 0 atom stereocenters. The largest absolute Gasteiger partial charge is 0.508 e. The molecule has 0 radical (unpaired) electrons. The van der Waals surface area contributed by atoms with Crippen LogP contribution in [-0.2, 0) is 0 Å². The van der Waals surface area contributed by atoms with Gasteiger partial charge >= 0.3 is 0 Å². The Morgan fingerprint density at radius 1 is 0.875 bits per heavy atom. The van der Waals surface area contributed by atoms with Gasteiger partial charge in [-0.05, 0) is 59.0 Å². The van der Waals surface area contributed by atoms with Crippen LogP contribution in [0.1, 0.15) is 0 Å². The second kappa shape index (κ2) is 6.75. The van der Waals surface area contributed by atoms with Gasteiger partial charge in [0.25, 0.3) is 0 Å². The van der Waals surface area contributed by atoms with Gasteiger partial charge in [0.1, 0.15) is 11.5 Å². The van der Waals surface area contributed by atoms with Gasteiger partial charge < -0.3 is 10.2 Å². The molecule has 2 N–H and O–H groups in total. The van der Waals surface area contributed by atoms with E-state index in [0.29, 0.717) is 11.5 Å². The molecule has 16 heavy (non-hydrogen) atoms. The van der Waals surface area contributed by atoms with Crippen molar-refractivity contribution in [1.29, 1.82) is 0 Å². The molecule has 0 unspecified atom stereocenters. The highest BCUT2D eigenvalue weighted by molar-refractivity contribution is 14.1. The fourth-order valence-electron chi connectivity index (χ4n) is 0.893. The van der Waals surface area contributed by atoms with Gasteiger partial charge in [0, 0.05) is 4.47 Å². The van der Waals surface area contributed by atoms with Crippen LogP contribution in [-0.4, -0.2) is 10.2 Å². The number of phenolic OH excluding ortho intramolecular Hbond substituents is 2. The summed E-state index contributed by atoms with van der Waals surface area (Å²) in [4.78, 5) is 0. The number of halogens is 2. The molecule has 2 aromatic rings. The lowest BCUT2D eigenvalue weighted by molar-refractivity contribution is 0.471. The van der Waals surface area contributed by atoms with Gasteiger partial charge in [-0.25, -0.2) is 0 Å². The van der Waals surface area contributed by atoms with Crippen molar-refractivity contribution in [3.05, 3.63) is 56.6 Å². The van der Waals surface area contributed by atoms with Crippen LogP contribution in [0.15, 0.2) is 53.0 Å². The Morgan fingerprint density at radius 2 is 1.44 bits per heavy atom. The van der Waals surface area contributed by atoms with Crippen molar-refractivity contribution in [3.63, 3.8) is 0 Å². The van der Waals surface area contributed by atoms with Crippen molar-refractivity contribution in [3.8, 4) is 11.5 Å². The van der Waals surface area contributed by atoms with Crippen molar-refractivity contribution in [2.75, 3.05) is 0 Å². The smallest absolute Gasteiger partial charge is 0.128 e. The summed E-state index contributed by atoms with van der Waals surface area (Å²) in [6.07, 6.45) is 0. The van der Waals surface area contributed by atoms with Gasteiger partial charge in [0.2, 0.25) is 0 Å².